The van der Waals surface area contributed by atoms with Crippen molar-refractivity contribution in [3.8, 4) is 5.75 Å². The predicted molar refractivity (Wildman–Crippen MR) is 108 cm³/mol. The fourth-order valence-corrected chi connectivity index (χ4v) is 4.23. The first-order valence-corrected chi connectivity index (χ1v) is 10.9. The van der Waals surface area contributed by atoms with E-state index >= 15 is 0 Å². The molecule has 0 aliphatic heterocycles. The van der Waals surface area contributed by atoms with Gasteiger partial charge in [-0.2, -0.15) is 0 Å². The molecule has 1 fully saturated rings. The molecule has 6 nitrogen and oxygen atoms in total. The number of sulfonamides is 1. The molecule has 1 atom stereocenters. The van der Waals surface area contributed by atoms with E-state index in [1.807, 2.05) is 6.92 Å². The molecule has 0 spiro atoms. The summed E-state index contributed by atoms with van der Waals surface area (Å²) in [6, 6.07) is 11.3. The van der Waals surface area contributed by atoms with Gasteiger partial charge in [-0.3, -0.25) is 4.79 Å². The lowest BCUT2D eigenvalue weighted by molar-refractivity contribution is 0.0935. The van der Waals surface area contributed by atoms with E-state index in [1.54, 1.807) is 30.3 Å². The molecule has 28 heavy (non-hydrogen) atoms. The highest BCUT2D eigenvalue weighted by atomic mass is 35.5. The van der Waals surface area contributed by atoms with E-state index in [0.717, 1.165) is 18.4 Å². The number of carbonyl (C=O) groups excluding carboxylic acids is 1. The lowest BCUT2D eigenvalue weighted by Gasteiger charge is -2.15. The molecule has 8 heteroatoms. The van der Waals surface area contributed by atoms with Gasteiger partial charge in [0, 0.05) is 23.2 Å². The molecular formula is C20H23ClN2O4S. The van der Waals surface area contributed by atoms with Gasteiger partial charge in [-0.15, -0.1) is 0 Å². The minimum atomic E-state index is -3.89. The summed E-state index contributed by atoms with van der Waals surface area (Å²) < 4.78 is 33.4. The Hall–Kier alpha value is -2.09. The van der Waals surface area contributed by atoms with Crippen LogP contribution in [0.15, 0.2) is 47.4 Å². The lowest BCUT2D eigenvalue weighted by atomic mass is 10.1. The van der Waals surface area contributed by atoms with Gasteiger partial charge >= 0.3 is 0 Å². The van der Waals surface area contributed by atoms with Crippen molar-refractivity contribution in [1.82, 2.24) is 10.0 Å². The van der Waals surface area contributed by atoms with E-state index in [0.29, 0.717) is 10.9 Å². The minimum absolute atomic E-state index is 0.0673. The number of amides is 1. The van der Waals surface area contributed by atoms with Crippen LogP contribution in [0, 0.1) is 5.92 Å². The van der Waals surface area contributed by atoms with E-state index in [2.05, 4.69) is 10.0 Å². The molecule has 3 rings (SSSR count). The smallest absolute Gasteiger partial charge is 0.251 e. The van der Waals surface area contributed by atoms with E-state index in [-0.39, 0.29) is 34.7 Å². The SMILES string of the molecule is COc1ccc(C(=O)N[C@H](C)C2CC2)cc1S(=O)(=O)NCc1ccc(Cl)cc1. The standard InChI is InChI=1S/C20H23ClN2O4S/c1-13(15-5-6-15)23-20(24)16-7-10-18(27-2)19(11-16)28(25,26)22-12-14-3-8-17(21)9-4-14/h3-4,7-11,13,15,22H,5-6,12H2,1-2H3,(H,23,24)/t13-/m1/s1. The van der Waals surface area contributed by atoms with Crippen molar-refractivity contribution >= 4 is 27.5 Å². The highest BCUT2D eigenvalue weighted by Crippen LogP contribution is 2.32. The Morgan fingerprint density at radius 1 is 1.21 bits per heavy atom. The molecule has 150 valence electrons. The Balaban J connectivity index is 1.79. The summed E-state index contributed by atoms with van der Waals surface area (Å²) in [4.78, 5) is 12.4. The van der Waals surface area contributed by atoms with E-state index in [1.165, 1.54) is 19.2 Å². The molecule has 2 aromatic carbocycles. The van der Waals surface area contributed by atoms with Gasteiger partial charge in [0.25, 0.3) is 5.91 Å². The fraction of sp³-hybridized carbons (Fsp3) is 0.350. The fourth-order valence-electron chi connectivity index (χ4n) is 2.89. The number of halogens is 1. The number of ether oxygens (including phenoxy) is 1. The lowest BCUT2D eigenvalue weighted by Crippen LogP contribution is -2.34. The molecule has 0 radical (unpaired) electrons. The number of hydrogen-bond acceptors (Lipinski definition) is 4. The van der Waals surface area contributed by atoms with Crippen molar-refractivity contribution in [2.24, 2.45) is 5.92 Å². The topological polar surface area (TPSA) is 84.5 Å². The molecule has 1 aliphatic carbocycles. The Morgan fingerprint density at radius 3 is 2.50 bits per heavy atom. The van der Waals surface area contributed by atoms with Crippen LogP contribution in [0.25, 0.3) is 0 Å². The monoisotopic (exact) mass is 422 g/mol. The molecular weight excluding hydrogens is 400 g/mol. The summed E-state index contributed by atoms with van der Waals surface area (Å²) in [6.07, 6.45) is 2.22. The minimum Gasteiger partial charge on any atom is -0.495 e. The molecule has 2 aromatic rings. The summed E-state index contributed by atoms with van der Waals surface area (Å²) >= 11 is 5.85. The van der Waals surface area contributed by atoms with Gasteiger partial charge in [0.15, 0.2) is 0 Å². The molecule has 0 heterocycles. The van der Waals surface area contributed by atoms with Gasteiger partial charge in [-0.1, -0.05) is 23.7 Å². The van der Waals surface area contributed by atoms with E-state index in [4.69, 9.17) is 16.3 Å². The first-order valence-electron chi connectivity index (χ1n) is 9.03. The zero-order chi connectivity index (χ0) is 20.3. The van der Waals surface area contributed by atoms with Crippen molar-refractivity contribution < 1.29 is 17.9 Å². The quantitative estimate of drug-likeness (QED) is 0.683. The van der Waals surface area contributed by atoms with Gasteiger partial charge in [-0.25, -0.2) is 13.1 Å². The van der Waals surface area contributed by atoms with Gasteiger partial charge < -0.3 is 10.1 Å². The maximum absolute atomic E-state index is 12.8. The van der Waals surface area contributed by atoms with Crippen molar-refractivity contribution in [2.75, 3.05) is 7.11 Å². The summed E-state index contributed by atoms with van der Waals surface area (Å²) in [5.74, 6) is 0.387. The van der Waals surface area contributed by atoms with Crippen LogP contribution >= 0.6 is 11.6 Å². The van der Waals surface area contributed by atoms with Gasteiger partial charge in [0.1, 0.15) is 10.6 Å². The number of nitrogens with one attached hydrogen (secondary N) is 2. The summed E-state index contributed by atoms with van der Waals surface area (Å²) in [5, 5.41) is 3.51. The third kappa shape index (κ3) is 5.04. The first-order chi connectivity index (χ1) is 13.3. The van der Waals surface area contributed by atoms with Crippen molar-refractivity contribution in [3.63, 3.8) is 0 Å². The van der Waals surface area contributed by atoms with Crippen molar-refractivity contribution in [1.29, 1.82) is 0 Å². The number of methoxy groups -OCH3 is 1. The number of benzene rings is 2. The van der Waals surface area contributed by atoms with Crippen LogP contribution < -0.4 is 14.8 Å². The molecule has 0 saturated heterocycles. The first kappa shape index (κ1) is 20.6. The van der Waals surface area contributed by atoms with Crippen molar-refractivity contribution in [2.45, 2.75) is 37.2 Å². The van der Waals surface area contributed by atoms with E-state index < -0.39 is 10.0 Å². The third-order valence-electron chi connectivity index (χ3n) is 4.78. The Bertz CT molecular complexity index is 957. The van der Waals surface area contributed by atoms with Crippen molar-refractivity contribution in [3.05, 3.63) is 58.6 Å². The largest absolute Gasteiger partial charge is 0.495 e. The van der Waals surface area contributed by atoms with Crippen LogP contribution in [0.4, 0.5) is 0 Å². The molecule has 1 aliphatic rings. The average molecular weight is 423 g/mol. The highest BCUT2D eigenvalue weighted by Gasteiger charge is 2.29. The second kappa shape index (κ2) is 8.51. The normalized spacial score (nSPS) is 15.1. The molecule has 1 amide bonds. The van der Waals surface area contributed by atoms with E-state index in [9.17, 15) is 13.2 Å². The van der Waals surface area contributed by atoms with Crippen LogP contribution in [0.1, 0.15) is 35.7 Å². The molecule has 2 N–H and O–H groups in total. The van der Waals surface area contributed by atoms with Gasteiger partial charge in [0.05, 0.1) is 7.11 Å². The molecule has 1 saturated carbocycles. The van der Waals surface area contributed by atoms with Crippen LogP contribution in [0.5, 0.6) is 5.75 Å². The number of carbonyl (C=O) groups is 1. The number of hydrogen-bond donors (Lipinski definition) is 2. The summed E-state index contributed by atoms with van der Waals surface area (Å²) in [7, 11) is -2.50. The molecule has 0 bridgehead atoms. The maximum atomic E-state index is 12.8. The zero-order valence-electron chi connectivity index (χ0n) is 15.7. The average Bonchev–Trinajstić information content (AvgIpc) is 3.52. The van der Waals surface area contributed by atoms with Gasteiger partial charge in [-0.05, 0) is 61.6 Å². The summed E-state index contributed by atoms with van der Waals surface area (Å²) in [6.45, 7) is 2.06. The maximum Gasteiger partial charge on any atom is 0.251 e. The third-order valence-corrected chi connectivity index (χ3v) is 6.46. The molecule has 0 aromatic heterocycles. The van der Waals surface area contributed by atoms with Crippen LogP contribution in [0.3, 0.4) is 0 Å². The Kier molecular flexibility index (Phi) is 6.27. The summed E-state index contributed by atoms with van der Waals surface area (Å²) in [5.41, 5.74) is 1.04. The Morgan fingerprint density at radius 2 is 1.89 bits per heavy atom. The predicted octanol–water partition coefficient (Wildman–Crippen LogP) is 3.36. The van der Waals surface area contributed by atoms with Crippen LogP contribution in [-0.2, 0) is 16.6 Å². The van der Waals surface area contributed by atoms with Crippen LogP contribution in [-0.4, -0.2) is 27.5 Å². The number of rotatable bonds is 8. The molecule has 0 unspecified atom stereocenters. The second-order valence-electron chi connectivity index (χ2n) is 6.92. The zero-order valence-corrected chi connectivity index (χ0v) is 17.3. The highest BCUT2D eigenvalue weighted by molar-refractivity contribution is 7.89. The van der Waals surface area contributed by atoms with Crippen LogP contribution in [0.2, 0.25) is 5.02 Å². The van der Waals surface area contributed by atoms with Gasteiger partial charge in [0.2, 0.25) is 10.0 Å². The second-order valence-corrected chi connectivity index (χ2v) is 9.09. The Labute approximate surface area is 170 Å².